The first-order valence-electron chi connectivity index (χ1n) is 11.4. The van der Waals surface area contributed by atoms with Crippen LogP contribution in [0.15, 0.2) is 84.6 Å². The van der Waals surface area contributed by atoms with Crippen LogP contribution in [-0.4, -0.2) is 44.7 Å². The Balaban J connectivity index is 1.64. The number of hydrogen-bond acceptors (Lipinski definition) is 5. The Morgan fingerprint density at radius 3 is 2.43 bits per heavy atom. The lowest BCUT2D eigenvalue weighted by atomic mass is 9.96. The summed E-state index contributed by atoms with van der Waals surface area (Å²) in [5, 5.41) is 11.5. The Morgan fingerprint density at radius 1 is 1.00 bits per heavy atom. The number of hydrogen-bond donors (Lipinski definition) is 1. The zero-order chi connectivity index (χ0) is 24.5. The van der Waals surface area contributed by atoms with Gasteiger partial charge >= 0.3 is 0 Å². The number of benzene rings is 2. The summed E-state index contributed by atoms with van der Waals surface area (Å²) in [6.45, 7) is 2.10. The molecule has 2 aromatic heterocycles. The van der Waals surface area contributed by atoms with Crippen molar-refractivity contribution in [1.29, 1.82) is 0 Å². The van der Waals surface area contributed by atoms with Crippen LogP contribution in [0.1, 0.15) is 28.6 Å². The van der Waals surface area contributed by atoms with Crippen LogP contribution in [0.4, 0.5) is 0 Å². The van der Waals surface area contributed by atoms with E-state index in [1.165, 1.54) is 0 Å². The number of imidazole rings is 1. The molecule has 5 rings (SSSR count). The number of Topliss-reactive ketones (excluding diaryl/α,β-unsaturated/α-hetero) is 1. The van der Waals surface area contributed by atoms with Crippen molar-refractivity contribution in [1.82, 2.24) is 14.3 Å². The maximum absolute atomic E-state index is 13.4. The van der Waals surface area contributed by atoms with E-state index in [-0.39, 0.29) is 11.3 Å². The van der Waals surface area contributed by atoms with Crippen LogP contribution < -0.4 is 4.74 Å². The van der Waals surface area contributed by atoms with E-state index < -0.39 is 17.7 Å². The van der Waals surface area contributed by atoms with E-state index in [1.807, 2.05) is 60.7 Å². The second kappa shape index (κ2) is 9.10. The van der Waals surface area contributed by atoms with Gasteiger partial charge in [0.15, 0.2) is 5.76 Å². The van der Waals surface area contributed by atoms with Gasteiger partial charge in [0.05, 0.1) is 24.4 Å². The number of aliphatic hydroxyl groups excluding tert-OH is 1. The summed E-state index contributed by atoms with van der Waals surface area (Å²) < 4.78 is 7.01. The molecule has 1 aliphatic heterocycles. The SMILES string of the molecule is COc1ccc(C2/C(=C(\O)c3c(C)nc4ccccn34)C(=O)C(=O)N2CCc2ccccc2)cc1. The van der Waals surface area contributed by atoms with Crippen molar-refractivity contribution in [3.05, 3.63) is 107 Å². The second-order valence-corrected chi connectivity index (χ2v) is 8.48. The lowest BCUT2D eigenvalue weighted by Gasteiger charge is -2.25. The Bertz CT molecular complexity index is 1440. The minimum atomic E-state index is -0.738. The van der Waals surface area contributed by atoms with Crippen LogP contribution in [-0.2, 0) is 16.0 Å². The molecule has 1 fully saturated rings. The van der Waals surface area contributed by atoms with Gasteiger partial charge < -0.3 is 14.7 Å². The van der Waals surface area contributed by atoms with Crippen molar-refractivity contribution in [2.45, 2.75) is 19.4 Å². The first-order valence-corrected chi connectivity index (χ1v) is 11.4. The average Bonchev–Trinajstić information content (AvgIpc) is 3.35. The van der Waals surface area contributed by atoms with Crippen LogP contribution in [0.2, 0.25) is 0 Å². The molecule has 4 aromatic rings. The number of fused-ring (bicyclic) bond motifs is 1. The third kappa shape index (κ3) is 3.95. The number of pyridine rings is 1. The number of methoxy groups -OCH3 is 1. The third-order valence-electron chi connectivity index (χ3n) is 6.38. The normalized spacial score (nSPS) is 17.3. The summed E-state index contributed by atoms with van der Waals surface area (Å²) in [5.74, 6) is -0.911. The van der Waals surface area contributed by atoms with Crippen LogP contribution in [0, 0.1) is 6.92 Å². The summed E-state index contributed by atoms with van der Waals surface area (Å²) in [7, 11) is 1.58. The Morgan fingerprint density at radius 2 is 1.71 bits per heavy atom. The largest absolute Gasteiger partial charge is 0.505 e. The highest BCUT2D eigenvalue weighted by atomic mass is 16.5. The molecule has 1 N–H and O–H groups in total. The third-order valence-corrected chi connectivity index (χ3v) is 6.38. The van der Waals surface area contributed by atoms with Crippen LogP contribution in [0.25, 0.3) is 11.4 Å². The summed E-state index contributed by atoms with van der Waals surface area (Å²) >= 11 is 0. The number of likely N-dealkylation sites (tertiary alicyclic amines) is 1. The van der Waals surface area contributed by atoms with Crippen molar-refractivity contribution in [2.75, 3.05) is 13.7 Å². The maximum Gasteiger partial charge on any atom is 0.295 e. The molecular formula is C28H25N3O4. The molecule has 3 heterocycles. The smallest absolute Gasteiger partial charge is 0.295 e. The lowest BCUT2D eigenvalue weighted by molar-refractivity contribution is -0.139. The molecule has 7 nitrogen and oxygen atoms in total. The quantitative estimate of drug-likeness (QED) is 0.259. The first kappa shape index (κ1) is 22.4. The summed E-state index contributed by atoms with van der Waals surface area (Å²) in [6, 6.07) is 21.8. The van der Waals surface area contributed by atoms with Gasteiger partial charge in [-0.15, -0.1) is 0 Å². The van der Waals surface area contributed by atoms with Gasteiger partial charge in [-0.3, -0.25) is 14.0 Å². The van der Waals surface area contributed by atoms with Crippen molar-refractivity contribution >= 4 is 23.1 Å². The fourth-order valence-electron chi connectivity index (χ4n) is 4.66. The molecule has 1 amide bonds. The number of nitrogens with zero attached hydrogens (tertiary/aromatic N) is 3. The van der Waals surface area contributed by atoms with Gasteiger partial charge in [0.25, 0.3) is 11.7 Å². The molecule has 176 valence electrons. The highest BCUT2D eigenvalue weighted by molar-refractivity contribution is 6.46. The van der Waals surface area contributed by atoms with Gasteiger partial charge in [0.1, 0.15) is 17.1 Å². The number of aliphatic hydroxyl groups is 1. The van der Waals surface area contributed by atoms with Gasteiger partial charge in [-0.25, -0.2) is 4.98 Å². The molecular weight excluding hydrogens is 442 g/mol. The molecule has 0 spiro atoms. The monoisotopic (exact) mass is 467 g/mol. The summed E-state index contributed by atoms with van der Waals surface area (Å²) in [6.07, 6.45) is 2.35. The van der Waals surface area contributed by atoms with E-state index >= 15 is 0 Å². The van der Waals surface area contributed by atoms with Crippen LogP contribution >= 0.6 is 0 Å². The summed E-state index contributed by atoms with van der Waals surface area (Å²) in [4.78, 5) is 32.7. The van der Waals surface area contributed by atoms with Gasteiger partial charge in [-0.2, -0.15) is 0 Å². The molecule has 0 aliphatic carbocycles. The van der Waals surface area contributed by atoms with Crippen molar-refractivity contribution in [2.24, 2.45) is 0 Å². The molecule has 1 unspecified atom stereocenters. The topological polar surface area (TPSA) is 84.1 Å². The minimum Gasteiger partial charge on any atom is -0.505 e. The van der Waals surface area contributed by atoms with E-state index in [2.05, 4.69) is 4.98 Å². The number of ketones is 1. The molecule has 0 radical (unpaired) electrons. The fourth-order valence-corrected chi connectivity index (χ4v) is 4.66. The molecule has 7 heteroatoms. The molecule has 35 heavy (non-hydrogen) atoms. The van der Waals surface area contributed by atoms with E-state index in [0.29, 0.717) is 41.3 Å². The number of aryl methyl sites for hydroxylation is 1. The van der Waals surface area contributed by atoms with Crippen LogP contribution in [0.3, 0.4) is 0 Å². The van der Waals surface area contributed by atoms with Gasteiger partial charge in [0, 0.05) is 12.7 Å². The zero-order valence-electron chi connectivity index (χ0n) is 19.5. The van der Waals surface area contributed by atoms with Gasteiger partial charge in [0.2, 0.25) is 0 Å². The average molecular weight is 468 g/mol. The molecule has 1 atom stereocenters. The van der Waals surface area contributed by atoms with Crippen molar-refractivity contribution in [3.63, 3.8) is 0 Å². The number of carbonyl (C=O) groups excluding carboxylic acids is 2. The number of carbonyl (C=O) groups is 2. The van der Waals surface area contributed by atoms with Crippen molar-refractivity contribution in [3.8, 4) is 5.75 Å². The standard InChI is InChI=1S/C28H25N3O4/c1-18-24(30-16-7-6-10-22(30)29-18)26(32)23-25(20-11-13-21(35-2)14-12-20)31(28(34)27(23)33)17-15-19-8-4-3-5-9-19/h3-14,16,25,32H,15,17H2,1-2H3/b26-23+. The van der Waals surface area contributed by atoms with Gasteiger partial charge in [-0.1, -0.05) is 48.5 Å². The van der Waals surface area contributed by atoms with Crippen molar-refractivity contribution < 1.29 is 19.4 Å². The lowest BCUT2D eigenvalue weighted by Crippen LogP contribution is -2.31. The highest BCUT2D eigenvalue weighted by Gasteiger charge is 2.46. The molecule has 1 aliphatic rings. The summed E-state index contributed by atoms with van der Waals surface area (Å²) in [5.41, 5.74) is 3.44. The molecule has 0 bridgehead atoms. The minimum absolute atomic E-state index is 0.0574. The van der Waals surface area contributed by atoms with E-state index in [4.69, 9.17) is 4.74 Å². The Labute approximate surface area is 202 Å². The number of amides is 1. The molecule has 0 saturated carbocycles. The fraction of sp³-hybridized carbons (Fsp3) is 0.179. The Kier molecular flexibility index (Phi) is 5.82. The van der Waals surface area contributed by atoms with Crippen LogP contribution in [0.5, 0.6) is 5.75 Å². The zero-order valence-corrected chi connectivity index (χ0v) is 19.5. The van der Waals surface area contributed by atoms with E-state index in [0.717, 1.165) is 5.56 Å². The maximum atomic E-state index is 13.4. The number of ether oxygens (including phenoxy) is 1. The number of rotatable bonds is 6. The molecule has 1 saturated heterocycles. The van der Waals surface area contributed by atoms with E-state index in [1.54, 1.807) is 41.7 Å². The molecule has 2 aromatic carbocycles. The predicted octanol–water partition coefficient (Wildman–Crippen LogP) is 4.32. The predicted molar refractivity (Wildman–Crippen MR) is 132 cm³/mol. The number of aromatic nitrogens is 2. The second-order valence-electron chi connectivity index (χ2n) is 8.48. The Hall–Kier alpha value is -4.39. The first-order chi connectivity index (χ1) is 17.0. The van der Waals surface area contributed by atoms with E-state index in [9.17, 15) is 14.7 Å². The highest BCUT2D eigenvalue weighted by Crippen LogP contribution is 2.40. The van der Waals surface area contributed by atoms with Gasteiger partial charge in [-0.05, 0) is 48.7 Å².